The maximum absolute atomic E-state index is 5.21. The molecule has 2 rings (SSSR count). The average Bonchev–Trinajstić information content (AvgIpc) is 2.84. The van der Waals surface area contributed by atoms with Crippen molar-refractivity contribution in [2.75, 3.05) is 6.54 Å². The number of hydrogen-bond acceptors (Lipinski definition) is 2. The highest BCUT2D eigenvalue weighted by Crippen LogP contribution is 2.35. The first-order valence-electron chi connectivity index (χ1n) is 7.45. The van der Waals surface area contributed by atoms with Gasteiger partial charge in [0, 0.05) is 6.04 Å². The molecule has 0 saturated heterocycles. The fraction of sp³-hybridized carbons (Fsp3) is 0.750. The zero-order valence-electron chi connectivity index (χ0n) is 12.0. The molecule has 1 aliphatic carbocycles. The lowest BCUT2D eigenvalue weighted by molar-refractivity contribution is 0.168. The van der Waals surface area contributed by atoms with E-state index >= 15 is 0 Å². The summed E-state index contributed by atoms with van der Waals surface area (Å²) in [5.74, 6) is 2.49. The molecular weight excluding hydrogens is 222 g/mol. The van der Waals surface area contributed by atoms with Gasteiger partial charge in [-0.3, -0.25) is 0 Å². The minimum absolute atomic E-state index is 0.694. The minimum Gasteiger partial charge on any atom is -0.472 e. The third-order valence-electron chi connectivity index (χ3n) is 4.51. The Balaban J connectivity index is 2.00. The lowest BCUT2D eigenvalue weighted by Gasteiger charge is -2.38. The van der Waals surface area contributed by atoms with E-state index in [1.165, 1.54) is 24.8 Å². The van der Waals surface area contributed by atoms with E-state index in [9.17, 15) is 0 Å². The molecule has 18 heavy (non-hydrogen) atoms. The molecule has 2 nitrogen and oxygen atoms in total. The summed E-state index contributed by atoms with van der Waals surface area (Å²) < 4.78 is 5.21. The van der Waals surface area contributed by atoms with Gasteiger partial charge in [0.05, 0.1) is 12.5 Å². The highest BCUT2D eigenvalue weighted by Gasteiger charge is 2.31. The van der Waals surface area contributed by atoms with E-state index in [4.69, 9.17) is 4.42 Å². The minimum atomic E-state index is 0.694. The Hall–Kier alpha value is -0.760. The van der Waals surface area contributed by atoms with Crippen LogP contribution in [-0.4, -0.2) is 12.6 Å². The van der Waals surface area contributed by atoms with Gasteiger partial charge in [0.25, 0.3) is 0 Å². The number of rotatable bonds is 5. The first kappa shape index (κ1) is 13.7. The normalized spacial score (nSPS) is 28.8. The van der Waals surface area contributed by atoms with E-state index < -0.39 is 0 Å². The lowest BCUT2D eigenvalue weighted by Crippen LogP contribution is -2.42. The van der Waals surface area contributed by atoms with E-state index in [1.807, 2.05) is 6.26 Å². The van der Waals surface area contributed by atoms with Gasteiger partial charge in [-0.2, -0.15) is 0 Å². The van der Waals surface area contributed by atoms with Crippen LogP contribution in [0.5, 0.6) is 0 Å². The highest BCUT2D eigenvalue weighted by atomic mass is 16.3. The summed E-state index contributed by atoms with van der Waals surface area (Å²) in [5.41, 5.74) is 1.35. The summed E-state index contributed by atoms with van der Waals surface area (Å²) in [6.07, 6.45) is 8.94. The molecule has 0 bridgehead atoms. The molecular formula is C16H27NO. The zero-order chi connectivity index (χ0) is 13.0. The Bertz CT molecular complexity index is 331. The van der Waals surface area contributed by atoms with Crippen LogP contribution in [0.1, 0.15) is 45.6 Å². The van der Waals surface area contributed by atoms with Gasteiger partial charge in [0.15, 0.2) is 0 Å². The molecule has 1 aromatic heterocycles. The van der Waals surface area contributed by atoms with Gasteiger partial charge in [-0.05, 0) is 61.6 Å². The number of nitrogens with one attached hydrogen (secondary N) is 1. The molecule has 0 aromatic carbocycles. The van der Waals surface area contributed by atoms with E-state index in [2.05, 4.69) is 32.2 Å². The van der Waals surface area contributed by atoms with Gasteiger partial charge < -0.3 is 9.73 Å². The second kappa shape index (κ2) is 6.42. The average molecular weight is 249 g/mol. The Morgan fingerprint density at radius 1 is 1.39 bits per heavy atom. The van der Waals surface area contributed by atoms with Crippen molar-refractivity contribution >= 4 is 0 Å². The smallest absolute Gasteiger partial charge is 0.0934 e. The molecule has 102 valence electrons. The van der Waals surface area contributed by atoms with Crippen molar-refractivity contribution in [2.45, 2.75) is 52.5 Å². The predicted molar refractivity (Wildman–Crippen MR) is 75.5 cm³/mol. The van der Waals surface area contributed by atoms with Gasteiger partial charge in [-0.1, -0.05) is 20.8 Å². The Labute approximate surface area is 111 Å². The summed E-state index contributed by atoms with van der Waals surface area (Å²) in [4.78, 5) is 0. The fourth-order valence-corrected chi connectivity index (χ4v) is 3.37. The highest BCUT2D eigenvalue weighted by molar-refractivity contribution is 5.08. The third-order valence-corrected chi connectivity index (χ3v) is 4.51. The molecule has 3 unspecified atom stereocenters. The van der Waals surface area contributed by atoms with E-state index in [1.54, 1.807) is 6.26 Å². The van der Waals surface area contributed by atoms with Gasteiger partial charge in [0.1, 0.15) is 0 Å². The van der Waals surface area contributed by atoms with Gasteiger partial charge in [0.2, 0.25) is 0 Å². The Morgan fingerprint density at radius 2 is 2.22 bits per heavy atom. The molecule has 1 aromatic rings. The predicted octanol–water partition coefficient (Wildman–Crippen LogP) is 3.87. The standard InChI is InChI=1S/C16H27NO/c1-4-17-16-6-5-14(12(2)3)10-15(16)9-13-7-8-18-11-13/h7-8,11-12,14-17H,4-6,9-10H2,1-3H3. The van der Waals surface area contributed by atoms with Crippen molar-refractivity contribution < 1.29 is 4.42 Å². The van der Waals surface area contributed by atoms with Crippen molar-refractivity contribution in [1.29, 1.82) is 0 Å². The quantitative estimate of drug-likeness (QED) is 0.857. The summed E-state index contributed by atoms with van der Waals surface area (Å²) >= 11 is 0. The van der Waals surface area contributed by atoms with E-state index in [0.717, 1.165) is 30.7 Å². The molecule has 0 amide bonds. The number of furan rings is 1. The van der Waals surface area contributed by atoms with E-state index in [-0.39, 0.29) is 0 Å². The van der Waals surface area contributed by atoms with Crippen molar-refractivity contribution in [3.05, 3.63) is 24.2 Å². The molecule has 1 fully saturated rings. The lowest BCUT2D eigenvalue weighted by atomic mass is 9.72. The molecule has 0 aliphatic heterocycles. The van der Waals surface area contributed by atoms with Crippen LogP contribution in [-0.2, 0) is 6.42 Å². The maximum Gasteiger partial charge on any atom is 0.0934 e. The summed E-state index contributed by atoms with van der Waals surface area (Å²) in [7, 11) is 0. The third kappa shape index (κ3) is 3.38. The molecule has 1 saturated carbocycles. The largest absolute Gasteiger partial charge is 0.472 e. The summed E-state index contributed by atoms with van der Waals surface area (Å²) in [5, 5.41) is 3.68. The SMILES string of the molecule is CCNC1CCC(C(C)C)CC1Cc1ccoc1. The molecule has 0 radical (unpaired) electrons. The summed E-state index contributed by atoms with van der Waals surface area (Å²) in [6.45, 7) is 8.03. The molecule has 3 atom stereocenters. The molecule has 1 aliphatic rings. The van der Waals surface area contributed by atoms with Crippen LogP contribution >= 0.6 is 0 Å². The Morgan fingerprint density at radius 3 is 2.83 bits per heavy atom. The molecule has 1 N–H and O–H groups in total. The summed E-state index contributed by atoms with van der Waals surface area (Å²) in [6, 6.07) is 2.81. The van der Waals surface area contributed by atoms with Crippen LogP contribution in [0.3, 0.4) is 0 Å². The van der Waals surface area contributed by atoms with Crippen LogP contribution < -0.4 is 5.32 Å². The van der Waals surface area contributed by atoms with Gasteiger partial charge in [-0.25, -0.2) is 0 Å². The van der Waals surface area contributed by atoms with Gasteiger partial charge in [-0.15, -0.1) is 0 Å². The first-order valence-corrected chi connectivity index (χ1v) is 7.45. The maximum atomic E-state index is 5.21. The second-order valence-corrected chi connectivity index (χ2v) is 6.08. The molecule has 2 heteroatoms. The van der Waals surface area contributed by atoms with Crippen LogP contribution in [0.15, 0.2) is 23.0 Å². The van der Waals surface area contributed by atoms with Crippen molar-refractivity contribution in [1.82, 2.24) is 5.32 Å². The molecule has 0 spiro atoms. The second-order valence-electron chi connectivity index (χ2n) is 6.08. The zero-order valence-corrected chi connectivity index (χ0v) is 12.0. The van der Waals surface area contributed by atoms with Crippen molar-refractivity contribution in [2.24, 2.45) is 17.8 Å². The van der Waals surface area contributed by atoms with Crippen LogP contribution in [0, 0.1) is 17.8 Å². The molecule has 1 heterocycles. The van der Waals surface area contributed by atoms with Gasteiger partial charge >= 0.3 is 0 Å². The monoisotopic (exact) mass is 249 g/mol. The van der Waals surface area contributed by atoms with Crippen molar-refractivity contribution in [3.63, 3.8) is 0 Å². The van der Waals surface area contributed by atoms with Crippen LogP contribution in [0.25, 0.3) is 0 Å². The van der Waals surface area contributed by atoms with Crippen LogP contribution in [0.4, 0.5) is 0 Å². The van der Waals surface area contributed by atoms with E-state index in [0.29, 0.717) is 6.04 Å². The number of hydrogen-bond donors (Lipinski definition) is 1. The fourth-order valence-electron chi connectivity index (χ4n) is 3.37. The van der Waals surface area contributed by atoms with Crippen molar-refractivity contribution in [3.8, 4) is 0 Å². The Kier molecular flexibility index (Phi) is 4.87. The first-order chi connectivity index (χ1) is 8.70. The van der Waals surface area contributed by atoms with Crippen LogP contribution in [0.2, 0.25) is 0 Å². The topological polar surface area (TPSA) is 25.2 Å².